The Bertz CT molecular complexity index is 453. The summed E-state index contributed by atoms with van der Waals surface area (Å²) in [4.78, 5) is 20.8. The zero-order valence-corrected chi connectivity index (χ0v) is 13.9. The maximum atomic E-state index is 12.3. The largest absolute Gasteiger partial charge is 0.357 e. The summed E-state index contributed by atoms with van der Waals surface area (Å²) in [5, 5.41) is 0. The molecule has 5 heteroatoms. The predicted octanol–water partition coefficient (Wildman–Crippen LogP) is 2.93. The summed E-state index contributed by atoms with van der Waals surface area (Å²) in [6, 6.07) is 4.30. The number of hydrogen-bond acceptors (Lipinski definition) is 3. The van der Waals surface area contributed by atoms with Gasteiger partial charge in [-0.3, -0.25) is 4.79 Å². The smallest absolute Gasteiger partial charge is 0.225 e. The minimum Gasteiger partial charge on any atom is -0.357 e. The predicted molar refractivity (Wildman–Crippen MR) is 84.8 cm³/mol. The molecule has 1 aromatic heterocycles. The average Bonchev–Trinajstić information content (AvgIpc) is 2.46. The van der Waals surface area contributed by atoms with Crippen LogP contribution in [0.4, 0.5) is 5.82 Å². The molecule has 1 fully saturated rings. The lowest BCUT2D eigenvalue weighted by Crippen LogP contribution is -2.43. The van der Waals surface area contributed by atoms with E-state index in [1.165, 1.54) is 0 Å². The number of halogens is 1. The Morgan fingerprint density at radius 2 is 2.05 bits per heavy atom. The van der Waals surface area contributed by atoms with Gasteiger partial charge in [0, 0.05) is 42.8 Å². The van der Waals surface area contributed by atoms with Crippen molar-refractivity contribution in [1.82, 2.24) is 9.88 Å². The van der Waals surface area contributed by atoms with E-state index in [2.05, 4.69) is 39.7 Å². The van der Waals surface area contributed by atoms with Crippen LogP contribution in [0.15, 0.2) is 22.8 Å². The third-order valence-corrected chi connectivity index (χ3v) is 4.47. The zero-order valence-electron chi connectivity index (χ0n) is 12.3. The van der Waals surface area contributed by atoms with Crippen LogP contribution in [-0.4, -0.2) is 42.0 Å². The first-order chi connectivity index (χ1) is 9.49. The van der Waals surface area contributed by atoms with E-state index in [1.807, 2.05) is 30.3 Å². The van der Waals surface area contributed by atoms with Gasteiger partial charge in [0.05, 0.1) is 0 Å². The maximum Gasteiger partial charge on any atom is 0.225 e. The van der Waals surface area contributed by atoms with E-state index in [4.69, 9.17) is 0 Å². The van der Waals surface area contributed by atoms with Crippen molar-refractivity contribution >= 4 is 27.7 Å². The highest BCUT2D eigenvalue weighted by atomic mass is 79.9. The van der Waals surface area contributed by atoms with Crippen LogP contribution in [0, 0.1) is 5.92 Å². The second-order valence-electron chi connectivity index (χ2n) is 5.64. The number of aromatic nitrogens is 1. The number of piperidine rings is 1. The second-order valence-corrected chi connectivity index (χ2v) is 6.55. The summed E-state index contributed by atoms with van der Waals surface area (Å²) >= 11 is 3.40. The maximum absolute atomic E-state index is 12.3. The summed E-state index contributed by atoms with van der Waals surface area (Å²) < 4.78 is 0.991. The fourth-order valence-electron chi connectivity index (χ4n) is 2.45. The average molecular weight is 340 g/mol. The van der Waals surface area contributed by atoms with E-state index in [-0.39, 0.29) is 17.9 Å². The monoisotopic (exact) mass is 339 g/mol. The van der Waals surface area contributed by atoms with Crippen LogP contribution in [0.2, 0.25) is 0 Å². The lowest BCUT2D eigenvalue weighted by Gasteiger charge is -2.34. The summed E-state index contributed by atoms with van der Waals surface area (Å²) in [5.41, 5.74) is 0. The molecule has 0 spiro atoms. The fourth-order valence-corrected chi connectivity index (χ4v) is 2.69. The van der Waals surface area contributed by atoms with Crippen molar-refractivity contribution in [3.05, 3.63) is 22.8 Å². The van der Waals surface area contributed by atoms with Crippen molar-refractivity contribution in [2.45, 2.75) is 32.7 Å². The van der Waals surface area contributed by atoms with Crippen LogP contribution < -0.4 is 4.90 Å². The van der Waals surface area contributed by atoms with Crippen LogP contribution in [-0.2, 0) is 4.79 Å². The Labute approximate surface area is 129 Å². The van der Waals surface area contributed by atoms with Gasteiger partial charge < -0.3 is 9.80 Å². The number of carbonyl (C=O) groups excluding carboxylic acids is 1. The Morgan fingerprint density at radius 3 is 2.55 bits per heavy atom. The molecule has 1 aliphatic heterocycles. The van der Waals surface area contributed by atoms with Crippen LogP contribution in [0.3, 0.4) is 0 Å². The van der Waals surface area contributed by atoms with Crippen molar-refractivity contribution in [1.29, 1.82) is 0 Å². The number of anilines is 1. The van der Waals surface area contributed by atoms with Gasteiger partial charge in [0.1, 0.15) is 5.82 Å². The molecule has 1 aromatic rings. The van der Waals surface area contributed by atoms with Crippen molar-refractivity contribution in [2.24, 2.45) is 5.92 Å². The van der Waals surface area contributed by atoms with Gasteiger partial charge in [0.25, 0.3) is 0 Å². The summed E-state index contributed by atoms with van der Waals surface area (Å²) in [6.45, 7) is 5.91. The topological polar surface area (TPSA) is 36.4 Å². The van der Waals surface area contributed by atoms with Crippen molar-refractivity contribution in [2.75, 3.05) is 25.0 Å². The first kappa shape index (κ1) is 15.3. The molecule has 0 bridgehead atoms. The number of hydrogen-bond donors (Lipinski definition) is 0. The molecular weight excluding hydrogens is 318 g/mol. The lowest BCUT2D eigenvalue weighted by molar-refractivity contribution is -0.136. The highest BCUT2D eigenvalue weighted by Crippen LogP contribution is 2.24. The minimum atomic E-state index is 0.161. The molecule has 0 saturated carbocycles. The number of carbonyl (C=O) groups is 1. The number of amides is 1. The molecular formula is C15H22BrN3O. The molecule has 2 rings (SSSR count). The Morgan fingerprint density at radius 1 is 1.40 bits per heavy atom. The first-order valence-corrected chi connectivity index (χ1v) is 7.91. The van der Waals surface area contributed by atoms with Crippen LogP contribution >= 0.6 is 15.9 Å². The first-order valence-electron chi connectivity index (χ1n) is 7.12. The molecule has 1 aliphatic rings. The fraction of sp³-hybridized carbons (Fsp3) is 0.600. The van der Waals surface area contributed by atoms with Crippen LogP contribution in [0.5, 0.6) is 0 Å². The quantitative estimate of drug-likeness (QED) is 0.849. The Balaban J connectivity index is 1.92. The molecule has 0 unspecified atom stereocenters. The van der Waals surface area contributed by atoms with Crippen LogP contribution in [0.25, 0.3) is 0 Å². The molecule has 4 nitrogen and oxygen atoms in total. The number of pyridine rings is 1. The summed E-state index contributed by atoms with van der Waals surface area (Å²) in [5.74, 6) is 1.44. The molecule has 110 valence electrons. The zero-order chi connectivity index (χ0) is 14.7. The van der Waals surface area contributed by atoms with Gasteiger partial charge in [-0.05, 0) is 54.8 Å². The molecule has 2 heterocycles. The molecule has 0 aliphatic carbocycles. The molecule has 1 amide bonds. The van der Waals surface area contributed by atoms with Gasteiger partial charge in [-0.25, -0.2) is 4.98 Å². The van der Waals surface area contributed by atoms with Gasteiger partial charge in [0.2, 0.25) is 5.91 Å². The van der Waals surface area contributed by atoms with E-state index in [0.717, 1.165) is 36.2 Å². The van der Waals surface area contributed by atoms with Crippen LogP contribution in [0.1, 0.15) is 26.7 Å². The van der Waals surface area contributed by atoms with E-state index >= 15 is 0 Å². The van der Waals surface area contributed by atoms with Gasteiger partial charge >= 0.3 is 0 Å². The number of nitrogens with zero attached hydrogens (tertiary/aromatic N) is 3. The molecule has 1 saturated heterocycles. The Hall–Kier alpha value is -1.10. The molecule has 0 radical (unpaired) electrons. The highest BCUT2D eigenvalue weighted by molar-refractivity contribution is 9.10. The third kappa shape index (κ3) is 3.51. The summed E-state index contributed by atoms with van der Waals surface area (Å²) in [7, 11) is 1.90. The van der Waals surface area contributed by atoms with Crippen molar-refractivity contribution in [3.63, 3.8) is 0 Å². The van der Waals surface area contributed by atoms with Crippen molar-refractivity contribution in [3.8, 4) is 0 Å². The third-order valence-electron chi connectivity index (χ3n) is 4.00. The standard InChI is InChI=1S/C15H22BrN3O/c1-11(2)18(3)15(20)12-6-8-19(9-7-12)14-5-4-13(16)10-17-14/h4-5,10-12H,6-9H2,1-3H3. The van der Waals surface area contributed by atoms with Gasteiger partial charge in [0.15, 0.2) is 0 Å². The van der Waals surface area contributed by atoms with E-state index in [1.54, 1.807) is 0 Å². The normalized spacial score (nSPS) is 16.6. The minimum absolute atomic E-state index is 0.161. The lowest BCUT2D eigenvalue weighted by atomic mass is 9.95. The number of rotatable bonds is 3. The second kappa shape index (κ2) is 6.57. The van der Waals surface area contributed by atoms with E-state index in [9.17, 15) is 4.79 Å². The molecule has 0 N–H and O–H groups in total. The molecule has 0 atom stereocenters. The summed E-state index contributed by atoms with van der Waals surface area (Å²) in [6.07, 6.45) is 3.64. The van der Waals surface area contributed by atoms with Gasteiger partial charge in [-0.1, -0.05) is 0 Å². The van der Waals surface area contributed by atoms with Crippen molar-refractivity contribution < 1.29 is 4.79 Å². The van der Waals surface area contributed by atoms with E-state index in [0.29, 0.717) is 0 Å². The van der Waals surface area contributed by atoms with E-state index < -0.39 is 0 Å². The molecule has 0 aromatic carbocycles. The highest BCUT2D eigenvalue weighted by Gasteiger charge is 2.28. The SMILES string of the molecule is CC(C)N(C)C(=O)C1CCN(c2ccc(Br)cn2)CC1. The van der Waals surface area contributed by atoms with Gasteiger partial charge in [-0.2, -0.15) is 0 Å². The molecule has 20 heavy (non-hydrogen) atoms. The van der Waals surface area contributed by atoms with Gasteiger partial charge in [-0.15, -0.1) is 0 Å². The Kier molecular flexibility index (Phi) is 5.02.